The van der Waals surface area contributed by atoms with Gasteiger partial charge >= 0.3 is 0 Å². The zero-order chi connectivity index (χ0) is 14.8. The van der Waals surface area contributed by atoms with Crippen molar-refractivity contribution < 1.29 is 0 Å². The maximum absolute atomic E-state index is 3.57. The zero-order valence-electron chi connectivity index (χ0n) is 13.9. The summed E-state index contributed by atoms with van der Waals surface area (Å²) in [6.07, 6.45) is 5.54. The standard InChI is InChI=1S/C19H30N2/c1-14-6-7-15(2)19(11-14)16(3)21(18-8-9-18)13-17-5-4-10-20-12-17/h6-7,11,16-18,20H,4-5,8-10,12-13H2,1-3H3. The molecule has 1 saturated carbocycles. The molecule has 0 spiro atoms. The van der Waals surface area contributed by atoms with Crippen LogP contribution in [0.3, 0.4) is 0 Å². The summed E-state index contributed by atoms with van der Waals surface area (Å²) in [5, 5.41) is 3.57. The minimum Gasteiger partial charge on any atom is -0.316 e. The number of aryl methyl sites for hydroxylation is 2. The quantitative estimate of drug-likeness (QED) is 0.885. The molecule has 0 aromatic heterocycles. The minimum absolute atomic E-state index is 0.555. The lowest BCUT2D eigenvalue weighted by Gasteiger charge is -2.35. The van der Waals surface area contributed by atoms with Crippen LogP contribution < -0.4 is 5.32 Å². The highest BCUT2D eigenvalue weighted by atomic mass is 15.2. The summed E-state index contributed by atoms with van der Waals surface area (Å²) in [7, 11) is 0. The smallest absolute Gasteiger partial charge is 0.0325 e. The molecule has 1 heterocycles. The molecule has 1 saturated heterocycles. The van der Waals surface area contributed by atoms with Gasteiger partial charge in [-0.2, -0.15) is 0 Å². The molecule has 2 atom stereocenters. The van der Waals surface area contributed by atoms with Crippen molar-refractivity contribution in [2.75, 3.05) is 19.6 Å². The van der Waals surface area contributed by atoms with E-state index in [-0.39, 0.29) is 0 Å². The second-order valence-electron chi connectivity index (χ2n) is 7.18. The Morgan fingerprint density at radius 3 is 2.71 bits per heavy atom. The van der Waals surface area contributed by atoms with Gasteiger partial charge < -0.3 is 5.32 Å². The van der Waals surface area contributed by atoms with Crippen molar-refractivity contribution in [2.24, 2.45) is 5.92 Å². The lowest BCUT2D eigenvalue weighted by molar-refractivity contribution is 0.153. The molecule has 1 aliphatic carbocycles. The number of hydrogen-bond donors (Lipinski definition) is 1. The summed E-state index contributed by atoms with van der Waals surface area (Å²) in [5.74, 6) is 0.840. The zero-order valence-corrected chi connectivity index (χ0v) is 13.9. The van der Waals surface area contributed by atoms with Crippen LogP contribution in [-0.4, -0.2) is 30.6 Å². The fourth-order valence-electron chi connectivity index (χ4n) is 3.80. The van der Waals surface area contributed by atoms with E-state index in [1.54, 1.807) is 0 Å². The largest absolute Gasteiger partial charge is 0.316 e. The predicted octanol–water partition coefficient (Wildman–Crippen LogP) is 3.83. The van der Waals surface area contributed by atoms with E-state index in [1.807, 2.05) is 0 Å². The summed E-state index contributed by atoms with van der Waals surface area (Å²) < 4.78 is 0. The third-order valence-corrected chi connectivity index (χ3v) is 5.27. The van der Waals surface area contributed by atoms with Gasteiger partial charge in [0.05, 0.1) is 0 Å². The van der Waals surface area contributed by atoms with Gasteiger partial charge in [-0.15, -0.1) is 0 Å². The molecule has 2 aliphatic rings. The van der Waals surface area contributed by atoms with Crippen molar-refractivity contribution in [1.29, 1.82) is 0 Å². The number of rotatable bonds is 5. The van der Waals surface area contributed by atoms with Gasteiger partial charge in [-0.3, -0.25) is 4.90 Å². The van der Waals surface area contributed by atoms with E-state index in [2.05, 4.69) is 49.2 Å². The van der Waals surface area contributed by atoms with E-state index in [1.165, 1.54) is 62.0 Å². The summed E-state index contributed by atoms with van der Waals surface area (Å²) in [4.78, 5) is 2.79. The highest BCUT2D eigenvalue weighted by Gasteiger charge is 2.34. The van der Waals surface area contributed by atoms with Crippen LogP contribution in [0.2, 0.25) is 0 Å². The van der Waals surface area contributed by atoms with Crippen LogP contribution in [0.1, 0.15) is 55.3 Å². The topological polar surface area (TPSA) is 15.3 Å². The molecular formula is C19H30N2. The van der Waals surface area contributed by atoms with Gasteiger partial charge in [-0.05, 0) is 76.6 Å². The molecule has 3 rings (SSSR count). The van der Waals surface area contributed by atoms with E-state index in [0.717, 1.165) is 12.0 Å². The van der Waals surface area contributed by atoms with E-state index in [4.69, 9.17) is 0 Å². The lowest BCUT2D eigenvalue weighted by atomic mass is 9.95. The third kappa shape index (κ3) is 3.67. The predicted molar refractivity (Wildman–Crippen MR) is 89.7 cm³/mol. The van der Waals surface area contributed by atoms with Crippen LogP contribution >= 0.6 is 0 Å². The third-order valence-electron chi connectivity index (χ3n) is 5.27. The van der Waals surface area contributed by atoms with E-state index < -0.39 is 0 Å². The summed E-state index contributed by atoms with van der Waals surface area (Å²) in [5.41, 5.74) is 4.36. The number of benzene rings is 1. The van der Waals surface area contributed by atoms with Crippen molar-refractivity contribution >= 4 is 0 Å². The van der Waals surface area contributed by atoms with Crippen LogP contribution in [0, 0.1) is 19.8 Å². The first kappa shape index (κ1) is 15.1. The summed E-state index contributed by atoms with van der Waals surface area (Å²) in [6.45, 7) is 10.6. The van der Waals surface area contributed by atoms with Crippen molar-refractivity contribution in [1.82, 2.24) is 10.2 Å². The molecule has 2 nitrogen and oxygen atoms in total. The van der Waals surface area contributed by atoms with Gasteiger partial charge in [0.1, 0.15) is 0 Å². The molecule has 0 amide bonds. The van der Waals surface area contributed by atoms with Crippen molar-refractivity contribution in [2.45, 2.75) is 58.5 Å². The molecule has 2 unspecified atom stereocenters. The normalized spacial score (nSPS) is 24.3. The molecular weight excluding hydrogens is 256 g/mol. The molecule has 0 radical (unpaired) electrons. The van der Waals surface area contributed by atoms with Gasteiger partial charge in [-0.25, -0.2) is 0 Å². The molecule has 0 bridgehead atoms. The van der Waals surface area contributed by atoms with Crippen LogP contribution in [0.4, 0.5) is 0 Å². The molecule has 1 aromatic rings. The number of piperidine rings is 1. The number of hydrogen-bond acceptors (Lipinski definition) is 2. The van der Waals surface area contributed by atoms with Gasteiger partial charge in [0, 0.05) is 18.6 Å². The Hall–Kier alpha value is -0.860. The average molecular weight is 286 g/mol. The fraction of sp³-hybridized carbons (Fsp3) is 0.684. The highest BCUT2D eigenvalue weighted by molar-refractivity contribution is 5.33. The van der Waals surface area contributed by atoms with E-state index >= 15 is 0 Å². The van der Waals surface area contributed by atoms with Crippen LogP contribution in [0.15, 0.2) is 18.2 Å². The molecule has 2 fully saturated rings. The molecule has 1 aromatic carbocycles. The lowest BCUT2D eigenvalue weighted by Crippen LogP contribution is -2.40. The van der Waals surface area contributed by atoms with Gasteiger partial charge in [0.25, 0.3) is 0 Å². The van der Waals surface area contributed by atoms with Crippen LogP contribution in [0.25, 0.3) is 0 Å². The number of nitrogens with zero attached hydrogens (tertiary/aromatic N) is 1. The Labute approximate surface area is 129 Å². The molecule has 1 aliphatic heterocycles. The monoisotopic (exact) mass is 286 g/mol. The maximum Gasteiger partial charge on any atom is 0.0325 e. The van der Waals surface area contributed by atoms with Crippen LogP contribution in [0.5, 0.6) is 0 Å². The Morgan fingerprint density at radius 2 is 2.05 bits per heavy atom. The van der Waals surface area contributed by atoms with Crippen molar-refractivity contribution in [3.63, 3.8) is 0 Å². The average Bonchev–Trinajstić information content (AvgIpc) is 3.32. The Bertz CT molecular complexity index is 472. The van der Waals surface area contributed by atoms with Gasteiger partial charge in [-0.1, -0.05) is 23.8 Å². The highest BCUT2D eigenvalue weighted by Crippen LogP contribution is 2.36. The second kappa shape index (κ2) is 6.50. The first-order chi connectivity index (χ1) is 10.1. The van der Waals surface area contributed by atoms with E-state index in [0.29, 0.717) is 6.04 Å². The molecule has 2 heteroatoms. The van der Waals surface area contributed by atoms with Gasteiger partial charge in [0.15, 0.2) is 0 Å². The van der Waals surface area contributed by atoms with E-state index in [9.17, 15) is 0 Å². The fourth-order valence-corrected chi connectivity index (χ4v) is 3.80. The Balaban J connectivity index is 1.74. The maximum atomic E-state index is 3.57. The second-order valence-corrected chi connectivity index (χ2v) is 7.18. The molecule has 1 N–H and O–H groups in total. The first-order valence-electron chi connectivity index (χ1n) is 8.69. The molecule has 21 heavy (non-hydrogen) atoms. The Morgan fingerprint density at radius 1 is 1.24 bits per heavy atom. The summed E-state index contributed by atoms with van der Waals surface area (Å²) >= 11 is 0. The summed E-state index contributed by atoms with van der Waals surface area (Å²) in [6, 6.07) is 8.31. The molecule has 116 valence electrons. The van der Waals surface area contributed by atoms with Crippen LogP contribution in [-0.2, 0) is 0 Å². The Kier molecular flexibility index (Phi) is 4.66. The van der Waals surface area contributed by atoms with Gasteiger partial charge in [0.2, 0.25) is 0 Å². The minimum atomic E-state index is 0.555. The van der Waals surface area contributed by atoms with Crippen molar-refractivity contribution in [3.8, 4) is 0 Å². The number of nitrogens with one attached hydrogen (secondary N) is 1. The van der Waals surface area contributed by atoms with Crippen molar-refractivity contribution in [3.05, 3.63) is 34.9 Å². The first-order valence-corrected chi connectivity index (χ1v) is 8.69. The SMILES string of the molecule is Cc1ccc(C)c(C(C)N(CC2CCCNC2)C2CC2)c1.